The van der Waals surface area contributed by atoms with Crippen LogP contribution in [0.5, 0.6) is 0 Å². The number of benzene rings is 1. The molecule has 0 spiro atoms. The molecule has 1 heterocycles. The Hall–Kier alpha value is -0.850. The van der Waals surface area contributed by atoms with Gasteiger partial charge in [-0.1, -0.05) is 30.6 Å². The van der Waals surface area contributed by atoms with Crippen LogP contribution in [0.2, 0.25) is 0 Å². The van der Waals surface area contributed by atoms with Crippen LogP contribution in [0.15, 0.2) is 38.2 Å². The smallest absolute Gasteiger partial charge is 0.243 e. The molecule has 0 aliphatic rings. The number of nitrogens with zero attached hydrogens (tertiary/aromatic N) is 2. The number of rotatable bonds is 6. The number of halogens is 1. The lowest BCUT2D eigenvalue weighted by atomic mass is 10.2. The van der Waals surface area contributed by atoms with Crippen molar-refractivity contribution in [1.29, 1.82) is 0 Å². The Morgan fingerprint density at radius 2 is 2.21 bits per heavy atom. The molecule has 2 N–H and O–H groups in total. The van der Waals surface area contributed by atoms with Crippen molar-refractivity contribution in [3.63, 3.8) is 0 Å². The van der Waals surface area contributed by atoms with Crippen LogP contribution in [0.4, 0.5) is 0 Å². The molecule has 2 aromatic rings. The second-order valence-corrected chi connectivity index (χ2v) is 6.03. The van der Waals surface area contributed by atoms with Gasteiger partial charge in [0.2, 0.25) is 5.89 Å². The molecular weight excluding hydrogens is 326 g/mol. The minimum absolute atomic E-state index is 0.153. The van der Waals surface area contributed by atoms with E-state index in [1.807, 2.05) is 18.2 Å². The molecule has 1 atom stereocenters. The van der Waals surface area contributed by atoms with E-state index in [0.717, 1.165) is 22.2 Å². The quantitative estimate of drug-likeness (QED) is 0.806. The minimum Gasteiger partial charge on any atom is -0.338 e. The summed E-state index contributed by atoms with van der Waals surface area (Å²) in [5.41, 5.74) is 5.94. The fourth-order valence-corrected chi connectivity index (χ4v) is 3.03. The second-order valence-electron chi connectivity index (χ2n) is 4.16. The van der Waals surface area contributed by atoms with Gasteiger partial charge >= 0.3 is 0 Å². The van der Waals surface area contributed by atoms with Gasteiger partial charge < -0.3 is 10.3 Å². The van der Waals surface area contributed by atoms with Crippen LogP contribution in [-0.4, -0.2) is 10.1 Å². The molecule has 6 heteroatoms. The lowest BCUT2D eigenvalue weighted by Crippen LogP contribution is -2.10. The molecule has 1 unspecified atom stereocenters. The predicted molar refractivity (Wildman–Crippen MR) is 79.8 cm³/mol. The van der Waals surface area contributed by atoms with E-state index in [1.54, 1.807) is 11.8 Å². The van der Waals surface area contributed by atoms with Gasteiger partial charge in [0.25, 0.3) is 0 Å². The Labute approximate surface area is 125 Å². The number of thioether (sulfide) groups is 1. The summed E-state index contributed by atoms with van der Waals surface area (Å²) in [7, 11) is 0. The Morgan fingerprint density at radius 3 is 2.95 bits per heavy atom. The third kappa shape index (κ3) is 4.06. The Bertz CT molecular complexity index is 532. The van der Waals surface area contributed by atoms with E-state index in [2.05, 4.69) is 39.1 Å². The first-order valence-electron chi connectivity index (χ1n) is 6.16. The first kappa shape index (κ1) is 14.6. The summed E-state index contributed by atoms with van der Waals surface area (Å²) < 4.78 is 6.26. The number of hydrogen-bond acceptors (Lipinski definition) is 5. The van der Waals surface area contributed by atoms with Gasteiger partial charge in [0, 0.05) is 9.37 Å². The van der Waals surface area contributed by atoms with E-state index in [-0.39, 0.29) is 6.04 Å². The molecule has 1 aromatic carbocycles. The highest BCUT2D eigenvalue weighted by Crippen LogP contribution is 2.29. The zero-order valence-corrected chi connectivity index (χ0v) is 13.1. The summed E-state index contributed by atoms with van der Waals surface area (Å²) in [6.45, 7) is 2.08. The van der Waals surface area contributed by atoms with Crippen LogP contribution < -0.4 is 5.73 Å². The Morgan fingerprint density at radius 1 is 1.42 bits per heavy atom. The van der Waals surface area contributed by atoms with Crippen molar-refractivity contribution in [2.45, 2.75) is 36.5 Å². The fraction of sp³-hybridized carbons (Fsp3) is 0.385. The molecule has 0 fully saturated rings. The molecule has 4 nitrogen and oxygen atoms in total. The van der Waals surface area contributed by atoms with E-state index in [4.69, 9.17) is 10.3 Å². The first-order valence-corrected chi connectivity index (χ1v) is 7.94. The molecule has 0 amide bonds. The van der Waals surface area contributed by atoms with Gasteiger partial charge in [0.15, 0.2) is 5.82 Å². The van der Waals surface area contributed by atoms with Crippen molar-refractivity contribution in [2.24, 2.45) is 5.73 Å². The van der Waals surface area contributed by atoms with E-state index >= 15 is 0 Å². The van der Waals surface area contributed by atoms with Crippen molar-refractivity contribution in [1.82, 2.24) is 10.1 Å². The van der Waals surface area contributed by atoms with Crippen LogP contribution in [-0.2, 0) is 5.75 Å². The summed E-state index contributed by atoms with van der Waals surface area (Å²) in [6.07, 6.45) is 1.86. The Balaban J connectivity index is 1.95. The number of aromatic nitrogens is 2. The van der Waals surface area contributed by atoms with Crippen LogP contribution in [0.3, 0.4) is 0 Å². The average molecular weight is 342 g/mol. The van der Waals surface area contributed by atoms with Crippen LogP contribution in [0.25, 0.3) is 0 Å². The van der Waals surface area contributed by atoms with Crippen LogP contribution in [0.1, 0.15) is 37.5 Å². The van der Waals surface area contributed by atoms with Gasteiger partial charge in [-0.25, -0.2) is 0 Å². The maximum absolute atomic E-state index is 5.94. The van der Waals surface area contributed by atoms with Gasteiger partial charge in [-0.05, 0) is 34.5 Å². The van der Waals surface area contributed by atoms with Crippen LogP contribution >= 0.6 is 27.7 Å². The standard InChI is InChI=1S/C13H16BrN3OS/c1-2-5-10(15)13-16-12(17-18-13)8-19-11-7-4-3-6-9(11)14/h3-4,6-7,10H,2,5,8,15H2,1H3. The number of hydrogen-bond donors (Lipinski definition) is 1. The van der Waals surface area contributed by atoms with E-state index < -0.39 is 0 Å². The highest BCUT2D eigenvalue weighted by atomic mass is 79.9. The molecule has 0 saturated heterocycles. The molecule has 1 aromatic heterocycles. The summed E-state index contributed by atoms with van der Waals surface area (Å²) in [5.74, 6) is 1.89. The third-order valence-corrected chi connectivity index (χ3v) is 4.62. The van der Waals surface area contributed by atoms with Gasteiger partial charge in [-0.3, -0.25) is 0 Å². The summed E-state index contributed by atoms with van der Waals surface area (Å²) in [4.78, 5) is 5.49. The maximum Gasteiger partial charge on any atom is 0.243 e. The molecule has 0 radical (unpaired) electrons. The lowest BCUT2D eigenvalue weighted by Gasteiger charge is -2.02. The van der Waals surface area contributed by atoms with Crippen molar-refractivity contribution in [3.05, 3.63) is 40.5 Å². The summed E-state index contributed by atoms with van der Waals surface area (Å²) >= 11 is 5.18. The van der Waals surface area contributed by atoms with Gasteiger partial charge in [-0.2, -0.15) is 4.98 Å². The van der Waals surface area contributed by atoms with Gasteiger partial charge in [0.1, 0.15) is 0 Å². The van der Waals surface area contributed by atoms with Gasteiger partial charge in [-0.15, -0.1) is 11.8 Å². The highest BCUT2D eigenvalue weighted by Gasteiger charge is 2.14. The summed E-state index contributed by atoms with van der Waals surface area (Å²) in [5, 5.41) is 3.96. The SMILES string of the molecule is CCCC(N)c1nc(CSc2ccccc2Br)no1. The Kier molecular flexibility index (Phi) is 5.42. The molecular formula is C13H16BrN3OS. The van der Waals surface area contributed by atoms with Crippen molar-refractivity contribution < 1.29 is 4.52 Å². The van der Waals surface area contributed by atoms with E-state index in [1.165, 1.54) is 0 Å². The lowest BCUT2D eigenvalue weighted by molar-refractivity contribution is 0.345. The zero-order valence-electron chi connectivity index (χ0n) is 10.7. The second kappa shape index (κ2) is 7.07. The first-order chi connectivity index (χ1) is 9.20. The maximum atomic E-state index is 5.94. The average Bonchev–Trinajstić information content (AvgIpc) is 2.87. The minimum atomic E-state index is -0.153. The zero-order chi connectivity index (χ0) is 13.7. The number of nitrogens with two attached hydrogens (primary N) is 1. The molecule has 0 bridgehead atoms. The predicted octanol–water partition coefficient (Wildman–Crippen LogP) is 3.92. The van der Waals surface area contributed by atoms with Crippen molar-refractivity contribution in [2.75, 3.05) is 0 Å². The fourth-order valence-electron chi connectivity index (χ4n) is 1.62. The largest absolute Gasteiger partial charge is 0.338 e. The van der Waals surface area contributed by atoms with Crippen molar-refractivity contribution in [3.8, 4) is 0 Å². The van der Waals surface area contributed by atoms with Crippen LogP contribution in [0, 0.1) is 0 Å². The molecule has 0 saturated carbocycles. The summed E-state index contributed by atoms with van der Waals surface area (Å²) in [6, 6.07) is 7.91. The molecule has 0 aliphatic carbocycles. The van der Waals surface area contributed by atoms with Crippen molar-refractivity contribution >= 4 is 27.7 Å². The normalized spacial score (nSPS) is 12.6. The highest BCUT2D eigenvalue weighted by molar-refractivity contribution is 9.10. The van der Waals surface area contributed by atoms with E-state index in [9.17, 15) is 0 Å². The van der Waals surface area contributed by atoms with Gasteiger partial charge in [0.05, 0.1) is 11.8 Å². The van der Waals surface area contributed by atoms with E-state index in [0.29, 0.717) is 17.5 Å². The molecule has 102 valence electrons. The molecule has 0 aliphatic heterocycles. The molecule has 2 rings (SSSR count). The third-order valence-electron chi connectivity index (χ3n) is 2.59. The topological polar surface area (TPSA) is 64.9 Å². The molecule has 19 heavy (non-hydrogen) atoms. The monoisotopic (exact) mass is 341 g/mol.